The molecule has 0 bridgehead atoms. The van der Waals surface area contributed by atoms with Crippen molar-refractivity contribution < 1.29 is 15.0 Å². The van der Waals surface area contributed by atoms with Crippen LogP contribution in [-0.4, -0.2) is 34.1 Å². The number of rotatable bonds is 1. The minimum absolute atomic E-state index is 0.0135. The maximum absolute atomic E-state index is 12.1. The van der Waals surface area contributed by atoms with Gasteiger partial charge >= 0.3 is 0 Å². The van der Waals surface area contributed by atoms with Gasteiger partial charge in [-0.1, -0.05) is 17.7 Å². The molecule has 0 spiro atoms. The number of amides is 1. The summed E-state index contributed by atoms with van der Waals surface area (Å²) in [7, 11) is 0. The molecule has 0 fully saturated rings. The number of carbonyl (C=O) groups excluding carboxylic acids is 1. The topological polar surface area (TPSA) is 60.8 Å². The lowest BCUT2D eigenvalue weighted by molar-refractivity contribution is 0.0763. The molecular formula is C13H15NO3. The summed E-state index contributed by atoms with van der Waals surface area (Å²) < 4.78 is 0. The van der Waals surface area contributed by atoms with Crippen LogP contribution >= 0.6 is 0 Å². The molecule has 0 unspecified atom stereocenters. The average molecular weight is 233 g/mol. The zero-order valence-corrected chi connectivity index (χ0v) is 9.68. The molecule has 0 aromatic heterocycles. The molecule has 1 amide bonds. The number of benzene rings is 1. The first kappa shape index (κ1) is 11.5. The number of phenols is 2. The molecule has 0 aliphatic carbocycles. The first-order valence-corrected chi connectivity index (χ1v) is 5.55. The van der Waals surface area contributed by atoms with Gasteiger partial charge in [0, 0.05) is 13.1 Å². The van der Waals surface area contributed by atoms with Crippen LogP contribution < -0.4 is 0 Å². The molecule has 1 aromatic rings. The van der Waals surface area contributed by atoms with E-state index in [1.165, 1.54) is 23.8 Å². The molecule has 1 aliphatic heterocycles. The van der Waals surface area contributed by atoms with E-state index in [1.54, 1.807) is 4.90 Å². The van der Waals surface area contributed by atoms with Gasteiger partial charge in [-0.05, 0) is 25.5 Å². The van der Waals surface area contributed by atoms with E-state index in [2.05, 4.69) is 0 Å². The number of nitrogens with zero attached hydrogens (tertiary/aromatic N) is 1. The Hall–Kier alpha value is -1.97. The standard InChI is InChI=1S/C13H15NO3/c1-9-5-7-14(8-6-9)13(17)12-10(15)3-2-4-11(12)16/h2-5,15-16H,6-8H2,1H3. The molecule has 0 saturated heterocycles. The van der Waals surface area contributed by atoms with Crippen molar-refractivity contribution >= 4 is 5.91 Å². The van der Waals surface area contributed by atoms with Gasteiger partial charge in [0.15, 0.2) is 0 Å². The zero-order chi connectivity index (χ0) is 12.4. The van der Waals surface area contributed by atoms with E-state index in [0.717, 1.165) is 6.42 Å². The molecule has 4 heteroatoms. The lowest BCUT2D eigenvalue weighted by Gasteiger charge is -2.26. The molecule has 1 aliphatic rings. The maximum Gasteiger partial charge on any atom is 0.261 e. The van der Waals surface area contributed by atoms with Crippen LogP contribution in [0, 0.1) is 0 Å². The Kier molecular flexibility index (Phi) is 3.04. The van der Waals surface area contributed by atoms with E-state index in [0.29, 0.717) is 13.1 Å². The number of hydrogen-bond donors (Lipinski definition) is 2. The van der Waals surface area contributed by atoms with Crippen molar-refractivity contribution in [2.24, 2.45) is 0 Å². The van der Waals surface area contributed by atoms with Gasteiger partial charge in [-0.15, -0.1) is 0 Å². The number of hydrogen-bond acceptors (Lipinski definition) is 3. The monoisotopic (exact) mass is 233 g/mol. The van der Waals surface area contributed by atoms with Crippen LogP contribution in [0.15, 0.2) is 29.8 Å². The Bertz CT molecular complexity index is 459. The third kappa shape index (κ3) is 2.25. The van der Waals surface area contributed by atoms with Crippen LogP contribution in [0.4, 0.5) is 0 Å². The van der Waals surface area contributed by atoms with Crippen molar-refractivity contribution in [3.63, 3.8) is 0 Å². The Balaban J connectivity index is 2.26. The molecule has 2 N–H and O–H groups in total. The second-order valence-corrected chi connectivity index (χ2v) is 4.22. The van der Waals surface area contributed by atoms with E-state index in [1.807, 2.05) is 13.0 Å². The Morgan fingerprint density at radius 3 is 2.47 bits per heavy atom. The van der Waals surface area contributed by atoms with Crippen molar-refractivity contribution in [1.29, 1.82) is 0 Å². The van der Waals surface area contributed by atoms with Crippen LogP contribution in [0.2, 0.25) is 0 Å². The summed E-state index contributed by atoms with van der Waals surface area (Å²) in [5, 5.41) is 19.2. The summed E-state index contributed by atoms with van der Waals surface area (Å²) in [6.45, 7) is 3.17. The molecule has 0 saturated carbocycles. The van der Waals surface area contributed by atoms with Crippen LogP contribution in [0.25, 0.3) is 0 Å². The van der Waals surface area contributed by atoms with Gasteiger partial charge < -0.3 is 15.1 Å². The van der Waals surface area contributed by atoms with Gasteiger partial charge in [0.2, 0.25) is 0 Å². The lowest BCUT2D eigenvalue weighted by Crippen LogP contribution is -2.34. The molecule has 90 valence electrons. The molecule has 17 heavy (non-hydrogen) atoms. The van der Waals surface area contributed by atoms with Crippen molar-refractivity contribution in [1.82, 2.24) is 4.90 Å². The summed E-state index contributed by atoms with van der Waals surface area (Å²) in [6.07, 6.45) is 2.82. The minimum Gasteiger partial charge on any atom is -0.507 e. The second-order valence-electron chi connectivity index (χ2n) is 4.22. The summed E-state index contributed by atoms with van der Waals surface area (Å²) in [4.78, 5) is 13.7. The van der Waals surface area contributed by atoms with Crippen LogP contribution in [0.3, 0.4) is 0 Å². The summed E-state index contributed by atoms with van der Waals surface area (Å²) in [5.74, 6) is -0.688. The van der Waals surface area contributed by atoms with Gasteiger partial charge in [0.05, 0.1) is 0 Å². The van der Waals surface area contributed by atoms with E-state index in [9.17, 15) is 15.0 Å². The van der Waals surface area contributed by atoms with Gasteiger partial charge in [0.25, 0.3) is 5.91 Å². The normalized spacial score (nSPS) is 15.6. The average Bonchev–Trinajstić information content (AvgIpc) is 2.29. The molecule has 1 aromatic carbocycles. The van der Waals surface area contributed by atoms with E-state index in [-0.39, 0.29) is 23.0 Å². The third-order valence-corrected chi connectivity index (χ3v) is 2.96. The molecular weight excluding hydrogens is 218 g/mol. The van der Waals surface area contributed by atoms with Crippen LogP contribution in [0.1, 0.15) is 23.7 Å². The summed E-state index contributed by atoms with van der Waals surface area (Å²) in [5.41, 5.74) is 1.25. The molecule has 1 heterocycles. The van der Waals surface area contributed by atoms with E-state index in [4.69, 9.17) is 0 Å². The lowest BCUT2D eigenvalue weighted by atomic mass is 10.1. The maximum atomic E-state index is 12.1. The third-order valence-electron chi connectivity index (χ3n) is 2.96. The second kappa shape index (κ2) is 4.49. The fourth-order valence-corrected chi connectivity index (χ4v) is 1.86. The van der Waals surface area contributed by atoms with E-state index >= 15 is 0 Å². The first-order valence-electron chi connectivity index (χ1n) is 5.55. The van der Waals surface area contributed by atoms with Crippen molar-refractivity contribution in [2.75, 3.05) is 13.1 Å². The predicted molar refractivity (Wildman–Crippen MR) is 64.0 cm³/mol. The van der Waals surface area contributed by atoms with Crippen LogP contribution in [0.5, 0.6) is 11.5 Å². The van der Waals surface area contributed by atoms with Crippen molar-refractivity contribution in [3.8, 4) is 11.5 Å². The van der Waals surface area contributed by atoms with Gasteiger partial charge in [-0.25, -0.2) is 0 Å². The molecule has 4 nitrogen and oxygen atoms in total. The zero-order valence-electron chi connectivity index (χ0n) is 9.68. The summed E-state index contributed by atoms with van der Waals surface area (Å²) in [6, 6.07) is 4.30. The Morgan fingerprint density at radius 1 is 1.29 bits per heavy atom. The molecule has 2 rings (SSSR count). The minimum atomic E-state index is -0.329. The molecule has 0 radical (unpaired) electrons. The highest BCUT2D eigenvalue weighted by molar-refractivity contribution is 5.99. The van der Waals surface area contributed by atoms with Crippen molar-refractivity contribution in [2.45, 2.75) is 13.3 Å². The highest BCUT2D eigenvalue weighted by atomic mass is 16.3. The van der Waals surface area contributed by atoms with Gasteiger partial charge in [0.1, 0.15) is 17.1 Å². The van der Waals surface area contributed by atoms with Crippen molar-refractivity contribution in [3.05, 3.63) is 35.4 Å². The highest BCUT2D eigenvalue weighted by Crippen LogP contribution is 2.28. The fraction of sp³-hybridized carbons (Fsp3) is 0.308. The molecule has 0 atom stereocenters. The smallest absolute Gasteiger partial charge is 0.261 e. The van der Waals surface area contributed by atoms with Gasteiger partial charge in [-0.3, -0.25) is 4.79 Å². The largest absolute Gasteiger partial charge is 0.507 e. The van der Waals surface area contributed by atoms with E-state index < -0.39 is 0 Å². The van der Waals surface area contributed by atoms with Gasteiger partial charge in [-0.2, -0.15) is 0 Å². The predicted octanol–water partition coefficient (Wildman–Crippen LogP) is 1.89. The number of phenolic OH excluding ortho intramolecular Hbond substituents is 2. The number of aromatic hydroxyl groups is 2. The first-order chi connectivity index (χ1) is 8.09. The fourth-order valence-electron chi connectivity index (χ4n) is 1.86. The number of carbonyl (C=O) groups is 1. The van der Waals surface area contributed by atoms with Crippen LogP contribution in [-0.2, 0) is 0 Å². The Labute approximate surface area is 99.8 Å². The Morgan fingerprint density at radius 2 is 1.94 bits per heavy atom. The quantitative estimate of drug-likeness (QED) is 0.728. The SMILES string of the molecule is CC1=CCN(C(=O)c2c(O)cccc2O)CC1. The summed E-state index contributed by atoms with van der Waals surface area (Å²) >= 11 is 0. The highest BCUT2D eigenvalue weighted by Gasteiger charge is 2.23.